The normalized spacial score (nSPS) is 19.4. The van der Waals surface area contributed by atoms with Gasteiger partial charge >= 0.3 is 0 Å². The van der Waals surface area contributed by atoms with Crippen LogP contribution in [0.25, 0.3) is 0 Å². The molecule has 0 saturated carbocycles. The minimum atomic E-state index is -0.306. The maximum Gasteiger partial charge on any atom is 0.257 e. The average molecular weight is 464 g/mol. The van der Waals surface area contributed by atoms with Gasteiger partial charge in [-0.1, -0.05) is 47.4 Å². The summed E-state index contributed by atoms with van der Waals surface area (Å²) in [6, 6.07) is 10.6. The van der Waals surface area contributed by atoms with Crippen LogP contribution in [0.2, 0.25) is 5.02 Å². The third-order valence-electron chi connectivity index (χ3n) is 5.06. The molecule has 0 radical (unpaired) electrons. The van der Waals surface area contributed by atoms with Crippen molar-refractivity contribution in [1.29, 1.82) is 0 Å². The first-order chi connectivity index (χ1) is 13.2. The smallest absolute Gasteiger partial charge is 0.257 e. The van der Waals surface area contributed by atoms with Crippen molar-refractivity contribution in [2.75, 3.05) is 18.4 Å². The molecule has 28 heavy (non-hydrogen) atoms. The molecule has 0 aliphatic carbocycles. The van der Waals surface area contributed by atoms with Gasteiger partial charge < -0.3 is 10.2 Å². The largest absolute Gasteiger partial charge is 0.338 e. The molecular formula is C22H24BrClN2O2. The number of piperidine rings is 1. The van der Waals surface area contributed by atoms with Crippen molar-refractivity contribution in [1.82, 2.24) is 4.90 Å². The van der Waals surface area contributed by atoms with E-state index in [4.69, 9.17) is 11.6 Å². The molecule has 2 amide bonds. The third-order valence-corrected chi connectivity index (χ3v) is 5.88. The summed E-state index contributed by atoms with van der Waals surface area (Å²) < 4.78 is 0.774. The molecule has 1 aliphatic heterocycles. The van der Waals surface area contributed by atoms with Crippen LogP contribution < -0.4 is 5.32 Å². The van der Waals surface area contributed by atoms with Gasteiger partial charge in [0.25, 0.3) is 11.8 Å². The van der Waals surface area contributed by atoms with Crippen molar-refractivity contribution in [2.45, 2.75) is 27.2 Å². The monoisotopic (exact) mass is 462 g/mol. The van der Waals surface area contributed by atoms with Crippen LogP contribution in [0.4, 0.5) is 5.69 Å². The topological polar surface area (TPSA) is 49.4 Å². The highest BCUT2D eigenvalue weighted by atomic mass is 79.9. The molecule has 3 rings (SSSR count). The molecule has 148 valence electrons. The molecule has 1 heterocycles. The fraction of sp³-hybridized carbons (Fsp3) is 0.364. The van der Waals surface area contributed by atoms with Crippen molar-refractivity contribution in [3.05, 3.63) is 62.6 Å². The third kappa shape index (κ3) is 4.76. The van der Waals surface area contributed by atoms with Crippen molar-refractivity contribution >= 4 is 45.0 Å². The van der Waals surface area contributed by atoms with Gasteiger partial charge in [-0.25, -0.2) is 0 Å². The number of likely N-dealkylation sites (tertiary alicyclic amines) is 1. The highest BCUT2D eigenvalue weighted by molar-refractivity contribution is 9.10. The second kappa shape index (κ2) is 8.66. The van der Waals surface area contributed by atoms with Crippen LogP contribution in [-0.4, -0.2) is 29.8 Å². The van der Waals surface area contributed by atoms with Crippen molar-refractivity contribution in [3.8, 4) is 0 Å². The predicted octanol–water partition coefficient (Wildman–Crippen LogP) is 5.78. The molecule has 2 atom stereocenters. The first-order valence-electron chi connectivity index (χ1n) is 9.41. The van der Waals surface area contributed by atoms with E-state index in [1.807, 2.05) is 24.0 Å². The van der Waals surface area contributed by atoms with E-state index >= 15 is 0 Å². The molecule has 1 saturated heterocycles. The van der Waals surface area contributed by atoms with Crippen LogP contribution >= 0.6 is 27.5 Å². The SMILES string of the molecule is Cc1ccc(C(=O)N2CC(C)CC(C)C2)cc1NC(=O)c1cc(Br)ccc1Cl. The van der Waals surface area contributed by atoms with E-state index in [9.17, 15) is 9.59 Å². The van der Waals surface area contributed by atoms with Gasteiger partial charge in [-0.3, -0.25) is 9.59 Å². The first kappa shape index (κ1) is 20.9. The Labute approximate surface area is 179 Å². The Kier molecular flexibility index (Phi) is 6.46. The Morgan fingerprint density at radius 1 is 1.11 bits per heavy atom. The number of hydrogen-bond acceptors (Lipinski definition) is 2. The van der Waals surface area contributed by atoms with E-state index in [0.29, 0.717) is 33.7 Å². The number of carbonyl (C=O) groups is 2. The standard InChI is InChI=1S/C22H24BrClN2O2/c1-13-8-14(2)12-26(11-13)22(28)16-5-4-15(3)20(9-16)25-21(27)18-10-17(23)6-7-19(18)24/h4-7,9-10,13-14H,8,11-12H2,1-3H3,(H,25,27). The van der Waals surface area contributed by atoms with Gasteiger partial charge in [-0.2, -0.15) is 0 Å². The minimum absolute atomic E-state index is 0.00869. The molecule has 4 nitrogen and oxygen atoms in total. The molecule has 1 aliphatic rings. The molecule has 0 bridgehead atoms. The van der Waals surface area contributed by atoms with E-state index in [-0.39, 0.29) is 11.8 Å². The maximum atomic E-state index is 13.0. The zero-order chi connectivity index (χ0) is 20.4. The Hall–Kier alpha value is -1.85. The molecule has 2 aromatic rings. The van der Waals surface area contributed by atoms with E-state index in [1.165, 1.54) is 0 Å². The fourth-order valence-electron chi connectivity index (χ4n) is 3.76. The fourth-order valence-corrected chi connectivity index (χ4v) is 4.33. The average Bonchev–Trinajstić information content (AvgIpc) is 2.64. The predicted molar refractivity (Wildman–Crippen MR) is 117 cm³/mol. The molecule has 1 N–H and O–H groups in total. The number of anilines is 1. The highest BCUT2D eigenvalue weighted by Gasteiger charge is 2.26. The van der Waals surface area contributed by atoms with Crippen molar-refractivity contribution < 1.29 is 9.59 Å². The summed E-state index contributed by atoms with van der Waals surface area (Å²) >= 11 is 9.53. The number of hydrogen-bond donors (Lipinski definition) is 1. The van der Waals surface area contributed by atoms with E-state index in [2.05, 4.69) is 35.1 Å². The summed E-state index contributed by atoms with van der Waals surface area (Å²) in [4.78, 5) is 27.6. The minimum Gasteiger partial charge on any atom is -0.338 e. The van der Waals surface area contributed by atoms with Gasteiger partial charge in [0.15, 0.2) is 0 Å². The molecule has 6 heteroatoms. The summed E-state index contributed by atoms with van der Waals surface area (Å²) in [6.45, 7) is 7.80. The van der Waals surface area contributed by atoms with Crippen molar-refractivity contribution in [2.24, 2.45) is 11.8 Å². The number of aryl methyl sites for hydroxylation is 1. The quantitative estimate of drug-likeness (QED) is 0.627. The van der Waals surface area contributed by atoms with Crippen LogP contribution in [-0.2, 0) is 0 Å². The van der Waals surface area contributed by atoms with Gasteiger partial charge in [-0.05, 0) is 61.1 Å². The summed E-state index contributed by atoms with van der Waals surface area (Å²) in [5.41, 5.74) is 2.47. The highest BCUT2D eigenvalue weighted by Crippen LogP contribution is 2.26. The summed E-state index contributed by atoms with van der Waals surface area (Å²) in [5, 5.41) is 3.27. The second-order valence-electron chi connectivity index (χ2n) is 7.76. The lowest BCUT2D eigenvalue weighted by Gasteiger charge is -2.35. The molecule has 2 aromatic carbocycles. The number of carbonyl (C=O) groups excluding carboxylic acids is 2. The van der Waals surface area contributed by atoms with Crippen LogP contribution in [0.3, 0.4) is 0 Å². The lowest BCUT2D eigenvalue weighted by Crippen LogP contribution is -2.42. The van der Waals surface area contributed by atoms with Gasteiger partial charge in [0, 0.05) is 28.8 Å². The molecule has 1 fully saturated rings. The Bertz CT molecular complexity index is 905. The Morgan fingerprint density at radius 2 is 1.79 bits per heavy atom. The zero-order valence-corrected chi connectivity index (χ0v) is 18.6. The van der Waals surface area contributed by atoms with Crippen molar-refractivity contribution in [3.63, 3.8) is 0 Å². The molecule has 0 spiro atoms. The number of amides is 2. The maximum absolute atomic E-state index is 13.0. The van der Waals surface area contributed by atoms with Crippen LogP contribution in [0, 0.1) is 18.8 Å². The van der Waals surface area contributed by atoms with Crippen LogP contribution in [0.5, 0.6) is 0 Å². The summed E-state index contributed by atoms with van der Waals surface area (Å²) in [6.07, 6.45) is 1.15. The number of benzene rings is 2. The summed E-state index contributed by atoms with van der Waals surface area (Å²) in [7, 11) is 0. The van der Waals surface area contributed by atoms with Crippen LogP contribution in [0.15, 0.2) is 40.9 Å². The lowest BCUT2D eigenvalue weighted by atomic mass is 9.91. The lowest BCUT2D eigenvalue weighted by molar-refractivity contribution is 0.0623. The Morgan fingerprint density at radius 3 is 2.46 bits per heavy atom. The number of nitrogens with zero attached hydrogens (tertiary/aromatic N) is 1. The van der Waals surface area contributed by atoms with Gasteiger partial charge in [0.05, 0.1) is 10.6 Å². The number of nitrogens with one attached hydrogen (secondary N) is 1. The van der Waals surface area contributed by atoms with E-state index in [0.717, 1.165) is 29.5 Å². The van der Waals surface area contributed by atoms with Gasteiger partial charge in [-0.15, -0.1) is 0 Å². The van der Waals surface area contributed by atoms with Gasteiger partial charge in [0.2, 0.25) is 0 Å². The number of rotatable bonds is 3. The Balaban J connectivity index is 1.82. The molecule has 0 aromatic heterocycles. The number of halogens is 2. The van der Waals surface area contributed by atoms with E-state index in [1.54, 1.807) is 24.3 Å². The van der Waals surface area contributed by atoms with Gasteiger partial charge in [0.1, 0.15) is 0 Å². The van der Waals surface area contributed by atoms with E-state index < -0.39 is 0 Å². The second-order valence-corrected chi connectivity index (χ2v) is 9.09. The zero-order valence-electron chi connectivity index (χ0n) is 16.3. The molecular weight excluding hydrogens is 440 g/mol. The van der Waals surface area contributed by atoms with Crippen LogP contribution in [0.1, 0.15) is 46.5 Å². The molecule has 2 unspecified atom stereocenters. The summed E-state index contributed by atoms with van der Waals surface area (Å²) in [5.74, 6) is 0.695. The first-order valence-corrected chi connectivity index (χ1v) is 10.6.